The highest BCUT2D eigenvalue weighted by molar-refractivity contribution is 5.88. The number of rotatable bonds is 2. The van der Waals surface area contributed by atoms with Crippen molar-refractivity contribution in [1.82, 2.24) is 49.6 Å². The molecule has 4 fully saturated rings. The molecule has 29 heavy (non-hydrogen) atoms. The molecule has 4 bridgehead atoms. The fraction of sp³-hybridized carbons (Fsp3) is 0.632. The molecule has 4 heterocycles. The summed E-state index contributed by atoms with van der Waals surface area (Å²) in [6, 6.07) is 0. The van der Waals surface area contributed by atoms with E-state index in [1.165, 1.54) is 6.42 Å². The molecule has 0 spiro atoms. The zero-order valence-corrected chi connectivity index (χ0v) is 16.5. The Labute approximate surface area is 166 Å². The first kappa shape index (κ1) is 15.9. The smallest absolute Gasteiger partial charge is 0.171 e. The zero-order valence-electron chi connectivity index (χ0n) is 16.5. The van der Waals surface area contributed by atoms with E-state index >= 15 is 0 Å². The van der Waals surface area contributed by atoms with Gasteiger partial charge in [0.2, 0.25) is 0 Å². The van der Waals surface area contributed by atoms with Crippen LogP contribution in [-0.2, 0) is 18.0 Å². The molecule has 0 aliphatic heterocycles. The maximum absolute atomic E-state index is 5.07. The molecule has 4 saturated carbocycles. The van der Waals surface area contributed by atoms with Gasteiger partial charge in [-0.2, -0.15) is 9.90 Å². The zero-order chi connectivity index (χ0) is 19.4. The molecular formula is C19H22N10. The molecule has 0 unspecified atom stereocenters. The second kappa shape index (κ2) is 4.98. The molecule has 4 aromatic heterocycles. The summed E-state index contributed by atoms with van der Waals surface area (Å²) in [7, 11) is 1.90. The van der Waals surface area contributed by atoms with Crippen LogP contribution in [0, 0.1) is 18.8 Å². The van der Waals surface area contributed by atoms with Crippen molar-refractivity contribution < 1.29 is 0 Å². The lowest BCUT2D eigenvalue weighted by molar-refractivity contribution is -0.0785. The van der Waals surface area contributed by atoms with E-state index in [9.17, 15) is 0 Å². The molecule has 4 aromatic rings. The minimum Gasteiger partial charge on any atom is -0.250 e. The van der Waals surface area contributed by atoms with Crippen LogP contribution in [0.4, 0.5) is 0 Å². The SMILES string of the molecule is Cc1nnn(C23C[C@H]4C[C@@H](CC(c5nc6c7cnn(C)c7ncn6n5)(C4)C2)C3)n1. The van der Waals surface area contributed by atoms with E-state index in [0.717, 1.165) is 60.4 Å². The molecule has 2 atom stereocenters. The third-order valence-electron chi connectivity index (χ3n) is 7.51. The van der Waals surface area contributed by atoms with Crippen LogP contribution in [0.2, 0.25) is 0 Å². The van der Waals surface area contributed by atoms with Gasteiger partial charge in [-0.25, -0.2) is 14.5 Å². The molecule has 0 saturated heterocycles. The first-order valence-electron chi connectivity index (χ1n) is 10.3. The van der Waals surface area contributed by atoms with Crippen LogP contribution in [0.3, 0.4) is 0 Å². The summed E-state index contributed by atoms with van der Waals surface area (Å²) in [6.07, 6.45) is 10.5. The molecule has 0 amide bonds. The van der Waals surface area contributed by atoms with Crippen LogP contribution in [0.15, 0.2) is 12.5 Å². The van der Waals surface area contributed by atoms with Gasteiger partial charge in [0, 0.05) is 12.5 Å². The van der Waals surface area contributed by atoms with E-state index < -0.39 is 0 Å². The van der Waals surface area contributed by atoms with Gasteiger partial charge in [0.1, 0.15) is 6.33 Å². The van der Waals surface area contributed by atoms with Gasteiger partial charge < -0.3 is 0 Å². The van der Waals surface area contributed by atoms with E-state index in [4.69, 9.17) is 10.1 Å². The van der Waals surface area contributed by atoms with E-state index in [1.54, 1.807) is 11.0 Å². The Morgan fingerprint density at radius 3 is 2.66 bits per heavy atom. The van der Waals surface area contributed by atoms with Crippen molar-refractivity contribution in [3.63, 3.8) is 0 Å². The Kier molecular flexibility index (Phi) is 2.74. The first-order chi connectivity index (χ1) is 14.0. The lowest BCUT2D eigenvalue weighted by atomic mass is 9.46. The topological polar surface area (TPSA) is 104 Å². The summed E-state index contributed by atoms with van der Waals surface area (Å²) in [6.45, 7) is 1.91. The van der Waals surface area contributed by atoms with Gasteiger partial charge in [-0.15, -0.1) is 15.3 Å². The van der Waals surface area contributed by atoms with Crippen molar-refractivity contribution in [1.29, 1.82) is 0 Å². The van der Waals surface area contributed by atoms with Crippen LogP contribution < -0.4 is 0 Å². The van der Waals surface area contributed by atoms with Gasteiger partial charge in [0.05, 0.1) is 17.1 Å². The van der Waals surface area contributed by atoms with Crippen LogP contribution >= 0.6 is 0 Å². The van der Waals surface area contributed by atoms with E-state index in [-0.39, 0.29) is 11.0 Å². The molecule has 148 valence electrons. The lowest BCUT2D eigenvalue weighted by Gasteiger charge is -2.60. The van der Waals surface area contributed by atoms with Crippen LogP contribution in [-0.4, -0.2) is 49.6 Å². The molecule has 4 aliphatic carbocycles. The molecule has 10 nitrogen and oxygen atoms in total. The third kappa shape index (κ3) is 1.99. The second-order valence-electron chi connectivity index (χ2n) is 9.55. The summed E-state index contributed by atoms with van der Waals surface area (Å²) in [5.74, 6) is 3.04. The van der Waals surface area contributed by atoms with Crippen molar-refractivity contribution in [3.05, 3.63) is 24.2 Å². The number of aryl methyl sites for hydroxylation is 2. The predicted molar refractivity (Wildman–Crippen MR) is 102 cm³/mol. The van der Waals surface area contributed by atoms with Crippen LogP contribution in [0.5, 0.6) is 0 Å². The lowest BCUT2D eigenvalue weighted by Crippen LogP contribution is -2.59. The highest BCUT2D eigenvalue weighted by Crippen LogP contribution is 2.64. The Bertz CT molecular complexity index is 1260. The fourth-order valence-electron chi connectivity index (χ4n) is 6.86. The minimum atomic E-state index is -0.0509. The summed E-state index contributed by atoms with van der Waals surface area (Å²) in [4.78, 5) is 11.5. The maximum Gasteiger partial charge on any atom is 0.171 e. The summed E-state index contributed by atoms with van der Waals surface area (Å²) in [5, 5.41) is 23.5. The number of hydrogen-bond donors (Lipinski definition) is 0. The van der Waals surface area contributed by atoms with Crippen molar-refractivity contribution in [2.45, 2.75) is 56.4 Å². The van der Waals surface area contributed by atoms with Gasteiger partial charge in [-0.05, 0) is 62.5 Å². The van der Waals surface area contributed by atoms with Crippen molar-refractivity contribution in [3.8, 4) is 0 Å². The monoisotopic (exact) mass is 390 g/mol. The van der Waals surface area contributed by atoms with Crippen LogP contribution in [0.25, 0.3) is 16.7 Å². The highest BCUT2D eigenvalue weighted by Gasteiger charge is 2.61. The van der Waals surface area contributed by atoms with Gasteiger partial charge in [0.15, 0.2) is 22.9 Å². The molecule has 4 aliphatic rings. The van der Waals surface area contributed by atoms with Crippen molar-refractivity contribution in [2.24, 2.45) is 18.9 Å². The largest absolute Gasteiger partial charge is 0.250 e. The number of hydrogen-bond acceptors (Lipinski definition) is 7. The minimum absolute atomic E-state index is 0.0217. The molecule has 10 heteroatoms. The van der Waals surface area contributed by atoms with E-state index in [1.807, 2.05) is 29.5 Å². The number of tetrazole rings is 1. The summed E-state index contributed by atoms with van der Waals surface area (Å²) in [5.41, 5.74) is 1.61. The highest BCUT2D eigenvalue weighted by atomic mass is 15.6. The quantitative estimate of drug-likeness (QED) is 0.511. The van der Waals surface area contributed by atoms with E-state index in [2.05, 4.69) is 25.5 Å². The number of fused-ring (bicyclic) bond motifs is 3. The van der Waals surface area contributed by atoms with Gasteiger partial charge >= 0.3 is 0 Å². The van der Waals surface area contributed by atoms with Gasteiger partial charge in [-0.1, -0.05) is 0 Å². The summed E-state index contributed by atoms with van der Waals surface area (Å²) < 4.78 is 3.60. The van der Waals surface area contributed by atoms with Gasteiger partial charge in [-0.3, -0.25) is 4.68 Å². The van der Waals surface area contributed by atoms with Crippen LogP contribution in [0.1, 0.15) is 50.2 Å². The second-order valence-corrected chi connectivity index (χ2v) is 9.55. The Morgan fingerprint density at radius 2 is 1.90 bits per heavy atom. The predicted octanol–water partition coefficient (Wildman–Crippen LogP) is 1.55. The molecular weight excluding hydrogens is 368 g/mol. The standard InChI is InChI=1S/C19H22N10/c1-11-23-26-29(24-11)19-6-12-3-13(7-19)5-18(4-12,9-19)17-22-16-14-8-21-27(2)15(14)20-10-28(16)25-17/h8,10,12-13H,3-7,9H2,1-2H3/t12-,13-,18?,19?/m0/s1. The average Bonchev–Trinajstić information content (AvgIpc) is 3.39. The molecule has 0 radical (unpaired) electrons. The number of nitrogens with zero attached hydrogens (tertiary/aromatic N) is 10. The number of aromatic nitrogens is 10. The van der Waals surface area contributed by atoms with Crippen molar-refractivity contribution >= 4 is 16.7 Å². The summed E-state index contributed by atoms with van der Waals surface area (Å²) >= 11 is 0. The molecule has 0 N–H and O–H groups in total. The fourth-order valence-corrected chi connectivity index (χ4v) is 6.86. The third-order valence-corrected chi connectivity index (χ3v) is 7.51. The first-order valence-corrected chi connectivity index (χ1v) is 10.3. The van der Waals surface area contributed by atoms with E-state index in [0.29, 0.717) is 11.8 Å². The molecule has 0 aromatic carbocycles. The van der Waals surface area contributed by atoms with Gasteiger partial charge in [0.25, 0.3) is 0 Å². The maximum atomic E-state index is 5.07. The Hall–Kier alpha value is -2.91. The molecule has 8 rings (SSSR count). The normalized spacial score (nSPS) is 33.3. The van der Waals surface area contributed by atoms with Crippen molar-refractivity contribution in [2.75, 3.05) is 0 Å². The Morgan fingerprint density at radius 1 is 1.07 bits per heavy atom. The average molecular weight is 390 g/mol. The Balaban J connectivity index is 1.40.